The summed E-state index contributed by atoms with van der Waals surface area (Å²) in [4.78, 5) is 23.0. The molecule has 98 valence electrons. The van der Waals surface area contributed by atoms with Crippen LogP contribution in [0.4, 0.5) is 0 Å². The largest absolute Gasteiger partial charge is 0.391 e. The van der Waals surface area contributed by atoms with Crippen LogP contribution in [0.25, 0.3) is 0 Å². The lowest BCUT2D eigenvalue weighted by molar-refractivity contribution is -0.120. The summed E-state index contributed by atoms with van der Waals surface area (Å²) in [6, 6.07) is 8.68. The van der Waals surface area contributed by atoms with Crippen molar-refractivity contribution >= 4 is 11.8 Å². The maximum Gasteiger partial charge on any atom is 0.251 e. The van der Waals surface area contributed by atoms with Crippen molar-refractivity contribution < 1.29 is 14.7 Å². The zero-order chi connectivity index (χ0) is 13.4. The molecule has 2 amide bonds. The molecule has 1 atom stereocenters. The SMILES string of the molecule is CCC(O)CNC(=O)CNC(=O)c1ccccc1. The van der Waals surface area contributed by atoms with Crippen molar-refractivity contribution in [1.82, 2.24) is 10.6 Å². The standard InChI is InChI=1S/C13H18N2O3/c1-2-11(16)8-14-12(17)9-15-13(18)10-6-4-3-5-7-10/h3-7,11,16H,2,8-9H2,1H3,(H,14,17)(H,15,18). The molecular formula is C13H18N2O3. The van der Waals surface area contributed by atoms with Gasteiger partial charge in [-0.15, -0.1) is 0 Å². The Kier molecular flexibility index (Phi) is 5.87. The lowest BCUT2D eigenvalue weighted by atomic mass is 10.2. The van der Waals surface area contributed by atoms with E-state index in [9.17, 15) is 14.7 Å². The van der Waals surface area contributed by atoms with Crippen LogP contribution < -0.4 is 10.6 Å². The van der Waals surface area contributed by atoms with Crippen LogP contribution in [0.1, 0.15) is 23.7 Å². The molecule has 5 heteroatoms. The van der Waals surface area contributed by atoms with Crippen LogP contribution in [0.15, 0.2) is 30.3 Å². The van der Waals surface area contributed by atoms with Gasteiger partial charge in [0.1, 0.15) is 0 Å². The van der Waals surface area contributed by atoms with Gasteiger partial charge in [0.05, 0.1) is 12.6 Å². The first kappa shape index (κ1) is 14.2. The van der Waals surface area contributed by atoms with Crippen LogP contribution in [-0.4, -0.2) is 36.1 Å². The van der Waals surface area contributed by atoms with Gasteiger partial charge < -0.3 is 15.7 Å². The number of carbonyl (C=O) groups is 2. The molecule has 0 aliphatic carbocycles. The minimum atomic E-state index is -0.543. The van der Waals surface area contributed by atoms with Crippen LogP contribution in [0, 0.1) is 0 Å². The Hall–Kier alpha value is -1.88. The molecule has 0 aliphatic rings. The zero-order valence-electron chi connectivity index (χ0n) is 10.3. The molecule has 0 saturated carbocycles. The molecule has 3 N–H and O–H groups in total. The fourth-order valence-corrected chi connectivity index (χ4v) is 1.29. The number of carbonyl (C=O) groups excluding carboxylic acids is 2. The molecule has 1 rings (SSSR count). The summed E-state index contributed by atoms with van der Waals surface area (Å²) in [7, 11) is 0. The van der Waals surface area contributed by atoms with Crippen molar-refractivity contribution in [3.8, 4) is 0 Å². The van der Waals surface area contributed by atoms with Crippen LogP contribution in [0.3, 0.4) is 0 Å². The van der Waals surface area contributed by atoms with Gasteiger partial charge in [-0.1, -0.05) is 25.1 Å². The van der Waals surface area contributed by atoms with E-state index in [4.69, 9.17) is 0 Å². The summed E-state index contributed by atoms with van der Waals surface area (Å²) in [5.74, 6) is -0.603. The fraction of sp³-hybridized carbons (Fsp3) is 0.385. The van der Waals surface area contributed by atoms with Crippen LogP contribution in [0.2, 0.25) is 0 Å². The molecule has 0 aromatic heterocycles. The lowest BCUT2D eigenvalue weighted by Crippen LogP contribution is -2.39. The van der Waals surface area contributed by atoms with Gasteiger partial charge in [0, 0.05) is 12.1 Å². The predicted molar refractivity (Wildman–Crippen MR) is 68.1 cm³/mol. The van der Waals surface area contributed by atoms with Gasteiger partial charge in [0.2, 0.25) is 5.91 Å². The average molecular weight is 250 g/mol. The fourth-order valence-electron chi connectivity index (χ4n) is 1.29. The molecular weight excluding hydrogens is 232 g/mol. The molecule has 0 aliphatic heterocycles. The number of benzene rings is 1. The number of amides is 2. The highest BCUT2D eigenvalue weighted by Gasteiger charge is 2.08. The van der Waals surface area contributed by atoms with Crippen molar-refractivity contribution in [2.45, 2.75) is 19.4 Å². The van der Waals surface area contributed by atoms with Crippen molar-refractivity contribution in [3.63, 3.8) is 0 Å². The van der Waals surface area contributed by atoms with Gasteiger partial charge in [-0.3, -0.25) is 9.59 Å². The molecule has 0 bridgehead atoms. The Morgan fingerprint density at radius 2 is 1.89 bits per heavy atom. The molecule has 0 spiro atoms. The van der Waals surface area contributed by atoms with Crippen molar-refractivity contribution in [3.05, 3.63) is 35.9 Å². The minimum Gasteiger partial charge on any atom is -0.391 e. The molecule has 0 radical (unpaired) electrons. The van der Waals surface area contributed by atoms with E-state index in [-0.39, 0.29) is 24.9 Å². The van der Waals surface area contributed by atoms with Gasteiger partial charge in [-0.2, -0.15) is 0 Å². The van der Waals surface area contributed by atoms with Gasteiger partial charge in [0.25, 0.3) is 5.91 Å². The molecule has 0 saturated heterocycles. The van der Waals surface area contributed by atoms with Gasteiger partial charge in [-0.05, 0) is 18.6 Å². The molecule has 1 aromatic carbocycles. The lowest BCUT2D eigenvalue weighted by Gasteiger charge is -2.10. The highest BCUT2D eigenvalue weighted by molar-refractivity contribution is 5.96. The highest BCUT2D eigenvalue weighted by atomic mass is 16.3. The van der Waals surface area contributed by atoms with Crippen molar-refractivity contribution in [2.75, 3.05) is 13.1 Å². The Morgan fingerprint density at radius 3 is 2.50 bits per heavy atom. The van der Waals surface area contributed by atoms with E-state index in [0.29, 0.717) is 12.0 Å². The summed E-state index contributed by atoms with van der Waals surface area (Å²) in [6.45, 7) is 1.94. The Balaban J connectivity index is 2.28. The third kappa shape index (κ3) is 4.97. The van der Waals surface area contributed by atoms with E-state index in [2.05, 4.69) is 10.6 Å². The van der Waals surface area contributed by atoms with Crippen molar-refractivity contribution in [2.24, 2.45) is 0 Å². The number of hydrogen-bond donors (Lipinski definition) is 3. The van der Waals surface area contributed by atoms with E-state index in [0.717, 1.165) is 0 Å². The molecule has 18 heavy (non-hydrogen) atoms. The number of aliphatic hydroxyl groups excluding tert-OH is 1. The number of rotatable bonds is 6. The Labute approximate surface area is 106 Å². The summed E-state index contributed by atoms with van der Waals surface area (Å²) in [6.07, 6.45) is 0.0372. The number of hydrogen-bond acceptors (Lipinski definition) is 3. The van der Waals surface area contributed by atoms with Crippen molar-refractivity contribution in [1.29, 1.82) is 0 Å². The third-order valence-electron chi connectivity index (χ3n) is 2.45. The first-order valence-corrected chi connectivity index (χ1v) is 5.91. The van der Waals surface area contributed by atoms with E-state index in [1.807, 2.05) is 13.0 Å². The molecule has 0 heterocycles. The topological polar surface area (TPSA) is 78.4 Å². The maximum absolute atomic E-state index is 11.6. The summed E-state index contributed by atoms with van der Waals surface area (Å²) in [5, 5.41) is 14.3. The van der Waals surface area contributed by atoms with Crippen LogP contribution in [0.5, 0.6) is 0 Å². The van der Waals surface area contributed by atoms with Gasteiger partial charge in [-0.25, -0.2) is 0 Å². The average Bonchev–Trinajstić information content (AvgIpc) is 2.42. The van der Waals surface area contributed by atoms with E-state index in [1.165, 1.54) is 0 Å². The monoisotopic (exact) mass is 250 g/mol. The second kappa shape index (κ2) is 7.45. The van der Waals surface area contributed by atoms with Gasteiger partial charge >= 0.3 is 0 Å². The highest BCUT2D eigenvalue weighted by Crippen LogP contribution is 1.97. The molecule has 1 aromatic rings. The minimum absolute atomic E-state index is 0.0931. The zero-order valence-corrected chi connectivity index (χ0v) is 10.3. The molecule has 5 nitrogen and oxygen atoms in total. The van der Waals surface area contributed by atoms with Gasteiger partial charge in [0.15, 0.2) is 0 Å². The number of aliphatic hydroxyl groups is 1. The normalized spacial score (nSPS) is 11.7. The van der Waals surface area contributed by atoms with Crippen LogP contribution >= 0.6 is 0 Å². The Bertz CT molecular complexity index is 392. The number of nitrogens with one attached hydrogen (secondary N) is 2. The van der Waals surface area contributed by atoms with E-state index in [1.54, 1.807) is 24.3 Å². The summed E-state index contributed by atoms with van der Waals surface area (Å²) < 4.78 is 0. The molecule has 1 unspecified atom stereocenters. The van der Waals surface area contributed by atoms with E-state index >= 15 is 0 Å². The third-order valence-corrected chi connectivity index (χ3v) is 2.45. The maximum atomic E-state index is 11.6. The predicted octanol–water partition coefficient (Wildman–Crippen LogP) is 0.303. The molecule has 0 fully saturated rings. The van der Waals surface area contributed by atoms with E-state index < -0.39 is 6.10 Å². The second-order valence-electron chi connectivity index (χ2n) is 3.91. The van der Waals surface area contributed by atoms with Crippen LogP contribution in [-0.2, 0) is 4.79 Å². The first-order valence-electron chi connectivity index (χ1n) is 5.91. The first-order chi connectivity index (χ1) is 8.63. The second-order valence-corrected chi connectivity index (χ2v) is 3.91. The quantitative estimate of drug-likeness (QED) is 0.679. The smallest absolute Gasteiger partial charge is 0.251 e. The summed E-state index contributed by atoms with van der Waals surface area (Å²) >= 11 is 0. The Morgan fingerprint density at radius 1 is 1.22 bits per heavy atom. The summed E-state index contributed by atoms with van der Waals surface area (Å²) in [5.41, 5.74) is 0.513.